The second-order valence-corrected chi connectivity index (χ2v) is 14.2. The van der Waals surface area contributed by atoms with Crippen molar-refractivity contribution in [2.45, 2.75) is 63.4 Å². The highest BCUT2D eigenvalue weighted by molar-refractivity contribution is 7.32. The zero-order valence-corrected chi connectivity index (χ0v) is 19.2. The molecule has 0 radical (unpaired) electrons. The first-order valence-corrected chi connectivity index (χ1v) is 13.4. The number of aromatic nitrogens is 3. The van der Waals surface area contributed by atoms with E-state index in [-0.39, 0.29) is 16.1 Å². The molecule has 3 rings (SSSR count). The van der Waals surface area contributed by atoms with Crippen LogP contribution >= 0.6 is 8.25 Å². The summed E-state index contributed by atoms with van der Waals surface area (Å²) in [6, 6.07) is 0. The minimum absolute atomic E-state index is 0.0207. The Bertz CT molecular complexity index is 1010. The van der Waals surface area contributed by atoms with Crippen molar-refractivity contribution >= 4 is 27.6 Å². The predicted octanol–water partition coefficient (Wildman–Crippen LogP) is 2.18. The molecule has 0 amide bonds. The molecule has 2 aromatic heterocycles. The van der Waals surface area contributed by atoms with Crippen LogP contribution < -0.4 is 5.56 Å². The number of aliphatic hydroxyl groups excluding tert-OH is 1. The van der Waals surface area contributed by atoms with Gasteiger partial charge in [0.05, 0.1) is 12.9 Å². The number of fused-ring (bicyclic) bond motifs is 1. The molecular weight excluding hydrogens is 436 g/mol. The zero-order chi connectivity index (χ0) is 22.4. The maximum absolute atomic E-state index is 14.5. The molecule has 1 fully saturated rings. The Kier molecular flexibility index (Phi) is 6.32. The molecule has 1 aliphatic rings. The Labute approximate surface area is 174 Å². The smallest absolute Gasteiger partial charge is 0.408 e. The van der Waals surface area contributed by atoms with Gasteiger partial charge < -0.3 is 19.3 Å². The molecule has 5 atom stereocenters. The molecular formula is C17H26FN3O7PSi+. The van der Waals surface area contributed by atoms with Crippen molar-refractivity contribution in [1.29, 1.82) is 0 Å². The zero-order valence-electron chi connectivity index (χ0n) is 17.3. The number of aliphatic hydroxyl groups is 1. The third kappa shape index (κ3) is 4.13. The van der Waals surface area contributed by atoms with Crippen molar-refractivity contribution in [3.63, 3.8) is 0 Å². The van der Waals surface area contributed by atoms with Gasteiger partial charge in [0.2, 0.25) is 0 Å². The number of nitrogens with zero attached hydrogens (tertiary/aromatic N) is 2. The maximum Gasteiger partial charge on any atom is 0.695 e. The molecule has 1 saturated heterocycles. The van der Waals surface area contributed by atoms with Gasteiger partial charge in [0.25, 0.3) is 5.56 Å². The average molecular weight is 462 g/mol. The molecule has 0 bridgehead atoms. The van der Waals surface area contributed by atoms with Gasteiger partial charge in [0.1, 0.15) is 17.6 Å². The van der Waals surface area contributed by atoms with Crippen molar-refractivity contribution < 1.29 is 32.6 Å². The highest BCUT2D eigenvalue weighted by Crippen LogP contribution is 2.44. The van der Waals surface area contributed by atoms with Gasteiger partial charge in [0, 0.05) is 10.8 Å². The first-order valence-electron chi connectivity index (χ1n) is 9.38. The van der Waals surface area contributed by atoms with Gasteiger partial charge in [-0.25, -0.2) is 9.37 Å². The van der Waals surface area contributed by atoms with E-state index < -0.39 is 59.1 Å². The van der Waals surface area contributed by atoms with E-state index in [4.69, 9.17) is 13.7 Å². The minimum Gasteiger partial charge on any atom is -0.408 e. The molecule has 2 unspecified atom stereocenters. The number of halogens is 1. The van der Waals surface area contributed by atoms with Gasteiger partial charge in [-0.2, -0.15) is 0 Å². The summed E-state index contributed by atoms with van der Waals surface area (Å²) < 4.78 is 44.7. The van der Waals surface area contributed by atoms with Crippen LogP contribution in [0.5, 0.6) is 0 Å². The molecule has 2 aromatic rings. The number of H-pyrrole nitrogens is 1. The molecule has 0 aliphatic carbocycles. The van der Waals surface area contributed by atoms with Crippen LogP contribution in [0.25, 0.3) is 11.0 Å². The lowest BCUT2D eigenvalue weighted by molar-refractivity contribution is -0.0480. The summed E-state index contributed by atoms with van der Waals surface area (Å²) in [6.45, 7) is 9.58. The van der Waals surface area contributed by atoms with E-state index in [0.717, 1.165) is 12.5 Å². The minimum atomic E-state index is -3.06. The van der Waals surface area contributed by atoms with Crippen LogP contribution in [0.2, 0.25) is 18.1 Å². The lowest BCUT2D eigenvalue weighted by atomic mass is 10.1. The molecule has 0 spiro atoms. The van der Waals surface area contributed by atoms with Gasteiger partial charge in [0.15, 0.2) is 32.1 Å². The predicted molar refractivity (Wildman–Crippen MR) is 108 cm³/mol. The molecule has 1 aliphatic heterocycles. The third-order valence-electron chi connectivity index (χ3n) is 5.76. The van der Waals surface area contributed by atoms with Crippen LogP contribution in [0.15, 0.2) is 17.3 Å². The van der Waals surface area contributed by atoms with Crippen LogP contribution in [0.4, 0.5) is 4.39 Å². The number of rotatable bonds is 6. The number of ether oxygens (including phenoxy) is 1. The highest BCUT2D eigenvalue weighted by atomic mass is 31.1. The van der Waals surface area contributed by atoms with Gasteiger partial charge in [-0.05, 0) is 18.1 Å². The molecule has 13 heteroatoms. The van der Waals surface area contributed by atoms with E-state index in [9.17, 15) is 23.7 Å². The fourth-order valence-electron chi connectivity index (χ4n) is 3.20. The SMILES string of the molecule is CC(C)(C)[Si](C)(C)O[C@@H]1[C@@H](CO)OC(n2cc(F)c3c(=O)[nH]cnc32)[C@@H]1O[P+](=O)O. The molecule has 3 N–H and O–H groups in total. The van der Waals surface area contributed by atoms with Gasteiger partial charge in [-0.3, -0.25) is 9.36 Å². The Morgan fingerprint density at radius 1 is 1.40 bits per heavy atom. The van der Waals surface area contributed by atoms with E-state index in [1.807, 2.05) is 33.9 Å². The van der Waals surface area contributed by atoms with E-state index in [0.29, 0.717) is 0 Å². The van der Waals surface area contributed by atoms with Crippen molar-refractivity contribution in [3.05, 3.63) is 28.7 Å². The summed E-state index contributed by atoms with van der Waals surface area (Å²) in [4.78, 5) is 27.8. The van der Waals surface area contributed by atoms with E-state index >= 15 is 0 Å². The van der Waals surface area contributed by atoms with Gasteiger partial charge >= 0.3 is 8.25 Å². The van der Waals surface area contributed by atoms with Gasteiger partial charge in [-0.15, -0.1) is 9.42 Å². The number of hydrogen-bond acceptors (Lipinski definition) is 7. The standard InChI is InChI=1S/C17H25FN3O7PSi/c1-17(2,3)30(4,5)28-12-10(7-22)26-16(13(12)27-29(24)25)21-6-9(18)11-14(21)19-8-20-15(11)23/h6,8,10,12-13,16,22H,7H2,1-5H3,(H-,19,20,23,24,25)/p+1/t10-,12-,13-,16?/m1/s1. The Morgan fingerprint density at radius 3 is 2.63 bits per heavy atom. The van der Waals surface area contributed by atoms with E-state index in [1.54, 1.807) is 0 Å². The van der Waals surface area contributed by atoms with Crippen LogP contribution in [0.3, 0.4) is 0 Å². The molecule has 3 heterocycles. The first-order chi connectivity index (χ1) is 13.9. The van der Waals surface area contributed by atoms with E-state index in [2.05, 4.69) is 9.97 Å². The van der Waals surface area contributed by atoms with Crippen LogP contribution in [-0.4, -0.2) is 57.8 Å². The van der Waals surface area contributed by atoms with Crippen LogP contribution in [-0.2, 0) is 18.3 Å². The quantitative estimate of drug-likeness (QED) is 0.439. The topological polar surface area (TPSA) is 136 Å². The summed E-state index contributed by atoms with van der Waals surface area (Å²) in [5, 5.41) is 9.41. The summed E-state index contributed by atoms with van der Waals surface area (Å²) in [7, 11) is -5.47. The Balaban J connectivity index is 2.08. The van der Waals surface area contributed by atoms with Crippen molar-refractivity contribution in [2.24, 2.45) is 0 Å². The van der Waals surface area contributed by atoms with Gasteiger partial charge in [-0.1, -0.05) is 20.8 Å². The van der Waals surface area contributed by atoms with Crippen molar-refractivity contribution in [3.8, 4) is 0 Å². The maximum atomic E-state index is 14.5. The Morgan fingerprint density at radius 2 is 2.07 bits per heavy atom. The fraction of sp³-hybridized carbons (Fsp3) is 0.647. The monoisotopic (exact) mass is 462 g/mol. The van der Waals surface area contributed by atoms with Crippen molar-refractivity contribution in [2.75, 3.05) is 6.61 Å². The van der Waals surface area contributed by atoms with Crippen LogP contribution in [0, 0.1) is 5.82 Å². The number of aromatic amines is 1. The highest BCUT2D eigenvalue weighted by Gasteiger charge is 2.54. The number of hydrogen-bond donors (Lipinski definition) is 3. The second-order valence-electron chi connectivity index (χ2n) is 8.71. The van der Waals surface area contributed by atoms with E-state index in [1.165, 1.54) is 4.57 Å². The first kappa shape index (κ1) is 23.1. The summed E-state index contributed by atoms with van der Waals surface area (Å²) >= 11 is 0. The summed E-state index contributed by atoms with van der Waals surface area (Å²) in [5.41, 5.74) is -0.694. The molecule has 30 heavy (non-hydrogen) atoms. The molecule has 0 aromatic carbocycles. The third-order valence-corrected chi connectivity index (χ3v) is 10.7. The average Bonchev–Trinajstić information content (AvgIpc) is 3.12. The second kappa shape index (κ2) is 8.19. The lowest BCUT2D eigenvalue weighted by Crippen LogP contribution is -2.50. The fourth-order valence-corrected chi connectivity index (χ4v) is 4.95. The normalized spacial score (nSPS) is 25.8. The summed E-state index contributed by atoms with van der Waals surface area (Å²) in [6.07, 6.45) is -1.96. The Hall–Kier alpha value is -1.53. The number of nitrogens with one attached hydrogen (secondary N) is 1. The van der Waals surface area contributed by atoms with Crippen LogP contribution in [0.1, 0.15) is 27.0 Å². The molecule has 166 valence electrons. The molecule has 0 saturated carbocycles. The largest absolute Gasteiger partial charge is 0.695 e. The van der Waals surface area contributed by atoms with Crippen molar-refractivity contribution in [1.82, 2.24) is 14.5 Å². The lowest BCUT2D eigenvalue weighted by Gasteiger charge is -2.39. The summed E-state index contributed by atoms with van der Waals surface area (Å²) in [5.74, 6) is -0.829. The molecule has 10 nitrogen and oxygen atoms in total.